The molecule has 5 nitrogen and oxygen atoms in total. The molecule has 2 heterocycles. The van der Waals surface area contributed by atoms with Crippen LogP contribution in [0.25, 0.3) is 11.4 Å². The maximum absolute atomic E-state index is 12.6. The van der Waals surface area contributed by atoms with Gasteiger partial charge in [-0.25, -0.2) is 9.97 Å². The molecule has 1 amide bonds. The van der Waals surface area contributed by atoms with E-state index in [4.69, 9.17) is 4.98 Å². The number of carbonyl (C=O) groups excluding carboxylic acids is 1. The summed E-state index contributed by atoms with van der Waals surface area (Å²) in [5.41, 5.74) is 3.08. The van der Waals surface area contributed by atoms with Gasteiger partial charge in [-0.15, -0.1) is 0 Å². The molecule has 5 heteroatoms. The molecule has 26 heavy (non-hydrogen) atoms. The van der Waals surface area contributed by atoms with Gasteiger partial charge >= 0.3 is 0 Å². The highest BCUT2D eigenvalue weighted by atomic mass is 16.1. The smallest absolute Gasteiger partial charge is 0.223 e. The summed E-state index contributed by atoms with van der Waals surface area (Å²) in [6.07, 6.45) is 8.93. The number of nitrogens with one attached hydrogen (secondary N) is 1. The second-order valence-corrected chi connectivity index (χ2v) is 7.96. The molecule has 0 spiro atoms. The van der Waals surface area contributed by atoms with Crippen molar-refractivity contribution in [2.45, 2.75) is 59.4 Å². The van der Waals surface area contributed by atoms with Gasteiger partial charge in [0.15, 0.2) is 5.82 Å². The van der Waals surface area contributed by atoms with Crippen molar-refractivity contribution in [2.75, 3.05) is 0 Å². The summed E-state index contributed by atoms with van der Waals surface area (Å²) in [5, 5.41) is 3.26. The standard InChI is InChI=1S/C21H28N4O/c1-5-14(6-2)20(26)25-18-11-21(3,4)10-17-16(18)13-23-19(24-17)15-8-7-9-22-12-15/h7-9,12-14,18H,5-6,10-11H2,1-4H3,(H,25,26). The number of fused-ring (bicyclic) bond motifs is 1. The van der Waals surface area contributed by atoms with E-state index >= 15 is 0 Å². The Balaban J connectivity index is 1.92. The SMILES string of the molecule is CCC(CC)C(=O)NC1CC(C)(C)Cc2nc(-c3cccnc3)ncc21. The number of pyridine rings is 1. The summed E-state index contributed by atoms with van der Waals surface area (Å²) in [4.78, 5) is 26.1. The summed E-state index contributed by atoms with van der Waals surface area (Å²) in [6.45, 7) is 8.60. The highest BCUT2D eigenvalue weighted by Gasteiger charge is 2.35. The van der Waals surface area contributed by atoms with E-state index in [0.717, 1.165) is 42.5 Å². The van der Waals surface area contributed by atoms with Gasteiger partial charge in [0, 0.05) is 35.6 Å². The predicted molar refractivity (Wildman–Crippen MR) is 102 cm³/mol. The van der Waals surface area contributed by atoms with Gasteiger partial charge in [-0.3, -0.25) is 9.78 Å². The average molecular weight is 352 g/mol. The molecule has 1 N–H and O–H groups in total. The summed E-state index contributed by atoms with van der Waals surface area (Å²) in [6, 6.07) is 3.83. The van der Waals surface area contributed by atoms with Crippen molar-refractivity contribution in [3.63, 3.8) is 0 Å². The zero-order chi connectivity index (χ0) is 18.7. The monoisotopic (exact) mass is 352 g/mol. The fourth-order valence-electron chi connectivity index (χ4n) is 3.76. The van der Waals surface area contributed by atoms with Gasteiger partial charge in [0.1, 0.15) is 0 Å². The fraction of sp³-hybridized carbons (Fsp3) is 0.524. The van der Waals surface area contributed by atoms with E-state index < -0.39 is 0 Å². The molecule has 0 saturated carbocycles. The first-order valence-corrected chi connectivity index (χ1v) is 9.50. The number of amides is 1. The molecule has 0 fully saturated rings. The van der Waals surface area contributed by atoms with Gasteiger partial charge in [0.05, 0.1) is 11.7 Å². The molecule has 1 aliphatic rings. The van der Waals surface area contributed by atoms with Crippen LogP contribution in [0.1, 0.15) is 64.3 Å². The third-order valence-electron chi connectivity index (χ3n) is 5.27. The van der Waals surface area contributed by atoms with Crippen molar-refractivity contribution in [1.82, 2.24) is 20.3 Å². The van der Waals surface area contributed by atoms with Crippen LogP contribution < -0.4 is 5.32 Å². The first kappa shape index (κ1) is 18.5. The van der Waals surface area contributed by atoms with Gasteiger partial charge in [0.25, 0.3) is 0 Å². The third kappa shape index (κ3) is 3.92. The number of hydrogen-bond acceptors (Lipinski definition) is 4. The quantitative estimate of drug-likeness (QED) is 0.879. The second kappa shape index (κ2) is 7.52. The lowest BCUT2D eigenvalue weighted by atomic mass is 9.74. The van der Waals surface area contributed by atoms with Crippen LogP contribution in [0.4, 0.5) is 0 Å². The number of aromatic nitrogens is 3. The zero-order valence-electron chi connectivity index (χ0n) is 16.1. The van der Waals surface area contributed by atoms with Crippen LogP contribution in [0.3, 0.4) is 0 Å². The highest BCUT2D eigenvalue weighted by molar-refractivity contribution is 5.79. The minimum Gasteiger partial charge on any atom is -0.349 e. The Labute approximate surface area is 155 Å². The van der Waals surface area contributed by atoms with Crippen LogP contribution in [0, 0.1) is 11.3 Å². The van der Waals surface area contributed by atoms with E-state index in [2.05, 4.69) is 43.0 Å². The maximum Gasteiger partial charge on any atom is 0.223 e. The lowest BCUT2D eigenvalue weighted by molar-refractivity contribution is -0.126. The van der Waals surface area contributed by atoms with Crippen LogP contribution in [-0.2, 0) is 11.2 Å². The van der Waals surface area contributed by atoms with Gasteiger partial charge in [0.2, 0.25) is 5.91 Å². The number of nitrogens with zero attached hydrogens (tertiary/aromatic N) is 3. The molecular weight excluding hydrogens is 324 g/mol. The lowest BCUT2D eigenvalue weighted by Crippen LogP contribution is -2.39. The van der Waals surface area contributed by atoms with Crippen LogP contribution in [-0.4, -0.2) is 20.9 Å². The molecule has 0 radical (unpaired) electrons. The normalized spacial score (nSPS) is 18.4. The molecular formula is C21H28N4O. The number of carbonyl (C=O) groups is 1. The molecule has 1 atom stereocenters. The molecule has 2 aromatic rings. The minimum atomic E-state index is -0.0233. The molecule has 1 aliphatic carbocycles. The molecule has 138 valence electrons. The Kier molecular flexibility index (Phi) is 5.35. The second-order valence-electron chi connectivity index (χ2n) is 7.96. The molecule has 1 unspecified atom stereocenters. The Morgan fingerprint density at radius 1 is 1.31 bits per heavy atom. The number of rotatable bonds is 5. The maximum atomic E-state index is 12.6. The van der Waals surface area contributed by atoms with Crippen molar-refractivity contribution in [1.29, 1.82) is 0 Å². The highest BCUT2D eigenvalue weighted by Crippen LogP contribution is 2.40. The van der Waals surface area contributed by atoms with E-state index in [1.54, 1.807) is 12.4 Å². The van der Waals surface area contributed by atoms with Crippen LogP contribution in [0.5, 0.6) is 0 Å². The molecule has 0 aromatic carbocycles. The molecule has 3 rings (SSSR count). The van der Waals surface area contributed by atoms with Gasteiger partial charge in [-0.05, 0) is 43.2 Å². The Morgan fingerprint density at radius 3 is 2.73 bits per heavy atom. The van der Waals surface area contributed by atoms with Gasteiger partial charge < -0.3 is 5.32 Å². The average Bonchev–Trinajstić information content (AvgIpc) is 2.62. The predicted octanol–water partition coefficient (Wildman–Crippen LogP) is 4.10. The largest absolute Gasteiger partial charge is 0.349 e. The van der Waals surface area contributed by atoms with Crippen molar-refractivity contribution in [2.24, 2.45) is 11.3 Å². The van der Waals surface area contributed by atoms with E-state index in [1.807, 2.05) is 18.3 Å². The van der Waals surface area contributed by atoms with Crippen molar-refractivity contribution < 1.29 is 4.79 Å². The Bertz CT molecular complexity index is 769. The van der Waals surface area contributed by atoms with Crippen LogP contribution >= 0.6 is 0 Å². The molecule has 0 aliphatic heterocycles. The Hall–Kier alpha value is -2.30. The summed E-state index contributed by atoms with van der Waals surface area (Å²) >= 11 is 0. The first-order chi connectivity index (χ1) is 12.4. The Morgan fingerprint density at radius 2 is 2.08 bits per heavy atom. The number of hydrogen-bond donors (Lipinski definition) is 1. The zero-order valence-corrected chi connectivity index (χ0v) is 16.1. The summed E-state index contributed by atoms with van der Waals surface area (Å²) in [5.74, 6) is 0.902. The summed E-state index contributed by atoms with van der Waals surface area (Å²) < 4.78 is 0. The van der Waals surface area contributed by atoms with Crippen LogP contribution in [0.2, 0.25) is 0 Å². The van der Waals surface area contributed by atoms with E-state index in [1.165, 1.54) is 0 Å². The lowest BCUT2D eigenvalue weighted by Gasteiger charge is -2.37. The fourth-order valence-corrected chi connectivity index (χ4v) is 3.76. The van der Waals surface area contributed by atoms with E-state index in [-0.39, 0.29) is 23.3 Å². The van der Waals surface area contributed by atoms with Crippen LogP contribution in [0.15, 0.2) is 30.7 Å². The minimum absolute atomic E-state index is 0.0233. The molecule has 2 aromatic heterocycles. The molecule has 0 bridgehead atoms. The van der Waals surface area contributed by atoms with Crippen molar-refractivity contribution in [3.8, 4) is 11.4 Å². The van der Waals surface area contributed by atoms with Gasteiger partial charge in [-0.1, -0.05) is 27.7 Å². The first-order valence-electron chi connectivity index (χ1n) is 9.50. The summed E-state index contributed by atoms with van der Waals surface area (Å²) in [7, 11) is 0. The van der Waals surface area contributed by atoms with Gasteiger partial charge in [-0.2, -0.15) is 0 Å². The third-order valence-corrected chi connectivity index (χ3v) is 5.27. The molecule has 0 saturated heterocycles. The van der Waals surface area contributed by atoms with Crippen molar-refractivity contribution in [3.05, 3.63) is 42.0 Å². The van der Waals surface area contributed by atoms with Crippen molar-refractivity contribution >= 4 is 5.91 Å². The van der Waals surface area contributed by atoms with E-state index in [0.29, 0.717) is 5.82 Å². The topological polar surface area (TPSA) is 67.8 Å². The van der Waals surface area contributed by atoms with E-state index in [9.17, 15) is 4.79 Å².